The molecule has 0 aliphatic carbocycles. The van der Waals surface area contributed by atoms with Crippen LogP contribution in [-0.2, 0) is 11.3 Å². The molecule has 6 nitrogen and oxygen atoms in total. The molecule has 2 aromatic heterocycles. The molecule has 2 rings (SSSR count). The zero-order chi connectivity index (χ0) is 15.6. The van der Waals surface area contributed by atoms with Crippen LogP contribution in [0.4, 0.5) is 0 Å². The first kappa shape index (κ1) is 20.2. The Hall–Kier alpha value is -0.870. The first-order valence-corrected chi connectivity index (χ1v) is 8.64. The van der Waals surface area contributed by atoms with Crippen LogP contribution in [0.25, 0.3) is 4.96 Å². The lowest BCUT2D eigenvalue weighted by atomic mass is 10.4. The normalized spacial score (nSPS) is 11.5. The zero-order valence-electron chi connectivity index (χ0n) is 13.7. The lowest BCUT2D eigenvalue weighted by molar-refractivity contribution is 0.129. The summed E-state index contributed by atoms with van der Waals surface area (Å²) < 4.78 is 7.56. The Labute approximate surface area is 158 Å². The molecule has 2 aromatic rings. The average molecular weight is 451 g/mol. The Morgan fingerprint density at radius 3 is 2.91 bits per heavy atom. The van der Waals surface area contributed by atoms with E-state index in [0.29, 0.717) is 6.54 Å². The van der Waals surface area contributed by atoms with Crippen molar-refractivity contribution < 1.29 is 4.74 Å². The van der Waals surface area contributed by atoms with Gasteiger partial charge in [0.05, 0.1) is 12.2 Å². The van der Waals surface area contributed by atoms with Gasteiger partial charge < -0.3 is 15.4 Å². The van der Waals surface area contributed by atoms with Crippen molar-refractivity contribution in [3.63, 3.8) is 0 Å². The van der Waals surface area contributed by atoms with E-state index < -0.39 is 0 Å². The topological polar surface area (TPSA) is 63.0 Å². The van der Waals surface area contributed by atoms with Crippen LogP contribution in [-0.4, -0.2) is 42.2 Å². The summed E-state index contributed by atoms with van der Waals surface area (Å²) in [5.74, 6) is 0.796. The number of unbranched alkanes of at least 4 members (excludes halogenated alkanes) is 1. The summed E-state index contributed by atoms with van der Waals surface area (Å²) in [5.41, 5.74) is 1.01. The first-order chi connectivity index (χ1) is 10.8. The Balaban J connectivity index is 0.00000264. The molecule has 0 unspecified atom stereocenters. The quantitative estimate of drug-likeness (QED) is 0.267. The minimum absolute atomic E-state index is 0. The second-order valence-electron chi connectivity index (χ2n) is 5.00. The van der Waals surface area contributed by atoms with Crippen LogP contribution in [0.15, 0.2) is 22.8 Å². The number of hydrogen-bond donors (Lipinski definition) is 2. The zero-order valence-corrected chi connectivity index (χ0v) is 16.9. The highest BCUT2D eigenvalue weighted by molar-refractivity contribution is 14.0. The molecule has 0 radical (unpaired) electrons. The van der Waals surface area contributed by atoms with Crippen LogP contribution in [0.3, 0.4) is 0 Å². The van der Waals surface area contributed by atoms with Crippen molar-refractivity contribution >= 4 is 46.2 Å². The van der Waals surface area contributed by atoms with E-state index in [2.05, 4.69) is 27.5 Å². The standard InChI is InChI=1S/C15H25N5OS.HI/c1-3-4-8-21-9-5-6-17-14(16-2)18-11-13-12-20-7-10-22-15(20)19-13;/h7,10,12H,3-6,8-9,11H2,1-2H3,(H2,16,17,18);1H. The number of nitrogens with zero attached hydrogens (tertiary/aromatic N) is 3. The number of rotatable bonds is 9. The molecule has 2 heterocycles. The van der Waals surface area contributed by atoms with Crippen molar-refractivity contribution in [1.82, 2.24) is 20.0 Å². The lowest BCUT2D eigenvalue weighted by Gasteiger charge is -2.11. The summed E-state index contributed by atoms with van der Waals surface area (Å²) >= 11 is 1.64. The Morgan fingerprint density at radius 2 is 2.17 bits per heavy atom. The fourth-order valence-corrected chi connectivity index (χ4v) is 2.70. The Morgan fingerprint density at radius 1 is 1.35 bits per heavy atom. The maximum atomic E-state index is 5.53. The molecule has 0 spiro atoms. The lowest BCUT2D eigenvalue weighted by Crippen LogP contribution is -2.37. The van der Waals surface area contributed by atoms with Crippen LogP contribution >= 0.6 is 35.3 Å². The number of imidazole rings is 1. The van der Waals surface area contributed by atoms with Crippen LogP contribution in [0, 0.1) is 0 Å². The molecular weight excluding hydrogens is 425 g/mol. The highest BCUT2D eigenvalue weighted by Crippen LogP contribution is 2.10. The summed E-state index contributed by atoms with van der Waals surface area (Å²) in [5, 5.41) is 8.59. The van der Waals surface area contributed by atoms with Crippen molar-refractivity contribution in [3.8, 4) is 0 Å². The fourth-order valence-electron chi connectivity index (χ4n) is 1.99. The summed E-state index contributed by atoms with van der Waals surface area (Å²) in [6, 6.07) is 0. The van der Waals surface area contributed by atoms with Crippen molar-refractivity contribution in [2.45, 2.75) is 32.7 Å². The molecule has 2 N–H and O–H groups in total. The molecule has 0 amide bonds. The van der Waals surface area contributed by atoms with Gasteiger partial charge in [-0.2, -0.15) is 0 Å². The van der Waals surface area contributed by atoms with Gasteiger partial charge in [-0.15, -0.1) is 35.3 Å². The molecule has 8 heteroatoms. The number of hydrogen-bond acceptors (Lipinski definition) is 4. The molecule has 0 atom stereocenters. The average Bonchev–Trinajstić information content (AvgIpc) is 3.10. The third-order valence-corrected chi connectivity index (χ3v) is 3.97. The summed E-state index contributed by atoms with van der Waals surface area (Å²) in [6.45, 7) is 5.34. The number of aliphatic imine (C=N–C) groups is 1. The molecule has 130 valence electrons. The number of halogens is 1. The summed E-state index contributed by atoms with van der Waals surface area (Å²) in [7, 11) is 1.78. The molecule has 0 fully saturated rings. The third-order valence-electron chi connectivity index (χ3n) is 3.20. The SMILES string of the molecule is CCCCOCCCNC(=NC)NCc1cn2ccsc2n1.I. The predicted molar refractivity (Wildman–Crippen MR) is 107 cm³/mol. The van der Waals surface area contributed by atoms with Crippen LogP contribution in [0.2, 0.25) is 0 Å². The molecule has 0 aliphatic heterocycles. The van der Waals surface area contributed by atoms with Crippen LogP contribution in [0.5, 0.6) is 0 Å². The number of nitrogens with one attached hydrogen (secondary N) is 2. The van der Waals surface area contributed by atoms with Gasteiger partial charge >= 0.3 is 0 Å². The van der Waals surface area contributed by atoms with Crippen molar-refractivity contribution in [1.29, 1.82) is 0 Å². The van der Waals surface area contributed by atoms with Crippen LogP contribution < -0.4 is 10.6 Å². The van der Waals surface area contributed by atoms with E-state index in [9.17, 15) is 0 Å². The molecule has 23 heavy (non-hydrogen) atoms. The monoisotopic (exact) mass is 451 g/mol. The predicted octanol–water partition coefficient (Wildman–Crippen LogP) is 2.89. The van der Waals surface area contributed by atoms with Crippen LogP contribution in [0.1, 0.15) is 31.9 Å². The van der Waals surface area contributed by atoms with E-state index in [1.54, 1.807) is 18.4 Å². The number of aromatic nitrogens is 2. The minimum Gasteiger partial charge on any atom is -0.381 e. The van der Waals surface area contributed by atoms with E-state index >= 15 is 0 Å². The van der Waals surface area contributed by atoms with Gasteiger partial charge in [-0.3, -0.25) is 9.39 Å². The van der Waals surface area contributed by atoms with Gasteiger partial charge in [-0.1, -0.05) is 13.3 Å². The van der Waals surface area contributed by atoms with Gasteiger partial charge in [0.1, 0.15) is 0 Å². The van der Waals surface area contributed by atoms with Crippen molar-refractivity contribution in [3.05, 3.63) is 23.5 Å². The number of guanidine groups is 1. The maximum Gasteiger partial charge on any atom is 0.193 e. The van der Waals surface area contributed by atoms with Gasteiger partial charge in [0.15, 0.2) is 10.9 Å². The van der Waals surface area contributed by atoms with Gasteiger partial charge in [-0.05, 0) is 12.8 Å². The molecule has 0 aromatic carbocycles. The van der Waals surface area contributed by atoms with Gasteiger partial charge in [-0.25, -0.2) is 4.98 Å². The molecule has 0 saturated heterocycles. The summed E-state index contributed by atoms with van der Waals surface area (Å²) in [4.78, 5) is 9.76. The second-order valence-corrected chi connectivity index (χ2v) is 5.87. The van der Waals surface area contributed by atoms with E-state index in [4.69, 9.17) is 4.74 Å². The molecule has 0 bridgehead atoms. The molecule has 0 saturated carbocycles. The highest BCUT2D eigenvalue weighted by Gasteiger charge is 2.03. The van der Waals surface area contributed by atoms with E-state index in [1.807, 2.05) is 22.2 Å². The van der Waals surface area contributed by atoms with Gasteiger partial charge in [0.25, 0.3) is 0 Å². The minimum atomic E-state index is 0. The second kappa shape index (κ2) is 11.6. The van der Waals surface area contributed by atoms with Gasteiger partial charge in [0, 0.05) is 44.6 Å². The highest BCUT2D eigenvalue weighted by atomic mass is 127. The fraction of sp³-hybridized carbons (Fsp3) is 0.600. The number of ether oxygens (including phenoxy) is 1. The Bertz CT molecular complexity index is 555. The van der Waals surface area contributed by atoms with Crippen molar-refractivity contribution in [2.24, 2.45) is 4.99 Å². The van der Waals surface area contributed by atoms with Crippen molar-refractivity contribution in [2.75, 3.05) is 26.8 Å². The largest absolute Gasteiger partial charge is 0.381 e. The third kappa shape index (κ3) is 7.05. The smallest absolute Gasteiger partial charge is 0.193 e. The van der Waals surface area contributed by atoms with E-state index in [-0.39, 0.29) is 24.0 Å². The summed E-state index contributed by atoms with van der Waals surface area (Å²) in [6.07, 6.45) is 7.35. The first-order valence-electron chi connectivity index (χ1n) is 7.76. The number of fused-ring (bicyclic) bond motifs is 1. The number of thiazole rings is 1. The Kier molecular flexibility index (Phi) is 10.2. The van der Waals surface area contributed by atoms with Gasteiger partial charge in [0.2, 0.25) is 0 Å². The van der Waals surface area contributed by atoms with E-state index in [0.717, 1.165) is 49.2 Å². The molecular formula is C15H26IN5OS. The maximum absolute atomic E-state index is 5.53. The van der Waals surface area contributed by atoms with E-state index in [1.165, 1.54) is 6.42 Å². The molecule has 0 aliphatic rings.